The number of phenols is 1. The molecule has 1 saturated heterocycles. The number of carbonyl (C=O) groups is 1. The fraction of sp³-hybridized carbons (Fsp3) is 0.462. The van der Waals surface area contributed by atoms with E-state index in [1.165, 1.54) is 12.1 Å². The average Bonchev–Trinajstić information content (AvgIpc) is 2.74. The van der Waals surface area contributed by atoms with Gasteiger partial charge in [0.05, 0.1) is 5.56 Å². The molecule has 1 atom stereocenters. The number of nitrogens with one attached hydrogen (secondary N) is 2. The number of aromatic hydroxyl groups is 1. The van der Waals surface area contributed by atoms with Gasteiger partial charge in [0, 0.05) is 18.2 Å². The predicted octanol–water partition coefficient (Wildman–Crippen LogP) is 1.40. The molecule has 4 nitrogen and oxygen atoms in total. The molecule has 5 heteroatoms. The Morgan fingerprint density at radius 2 is 2.39 bits per heavy atom. The molecule has 0 aromatic heterocycles. The lowest BCUT2D eigenvalue weighted by Gasteiger charge is -2.24. The van der Waals surface area contributed by atoms with E-state index in [0.717, 1.165) is 25.5 Å². The largest absolute Gasteiger partial charge is 0.508 e. The highest BCUT2D eigenvalue weighted by Crippen LogP contribution is 2.18. The molecule has 0 bridgehead atoms. The van der Waals surface area contributed by atoms with Crippen LogP contribution < -0.4 is 10.6 Å². The van der Waals surface area contributed by atoms with E-state index in [4.69, 9.17) is 5.11 Å². The predicted molar refractivity (Wildman–Crippen MR) is 66.0 cm³/mol. The summed E-state index contributed by atoms with van der Waals surface area (Å²) in [6.07, 6.45) is 2.07. The summed E-state index contributed by atoms with van der Waals surface area (Å²) < 4.78 is 13.5. The fourth-order valence-corrected chi connectivity index (χ4v) is 2.17. The second-order valence-corrected chi connectivity index (χ2v) is 4.94. The van der Waals surface area contributed by atoms with Gasteiger partial charge in [-0.05, 0) is 38.4 Å². The van der Waals surface area contributed by atoms with Gasteiger partial charge in [-0.25, -0.2) is 4.39 Å². The van der Waals surface area contributed by atoms with Crippen LogP contribution in [0.2, 0.25) is 0 Å². The highest BCUT2D eigenvalue weighted by molar-refractivity contribution is 5.94. The van der Waals surface area contributed by atoms with Crippen LogP contribution in [0.3, 0.4) is 0 Å². The molecule has 1 heterocycles. The maximum absolute atomic E-state index is 13.5. The quantitative estimate of drug-likeness (QED) is 0.762. The minimum Gasteiger partial charge on any atom is -0.508 e. The van der Waals surface area contributed by atoms with Crippen LogP contribution in [0.15, 0.2) is 18.2 Å². The minimum atomic E-state index is -0.711. The zero-order valence-electron chi connectivity index (χ0n) is 10.3. The van der Waals surface area contributed by atoms with E-state index in [1.807, 2.05) is 6.92 Å². The number of carbonyl (C=O) groups excluding carboxylic acids is 1. The molecule has 0 saturated carbocycles. The van der Waals surface area contributed by atoms with Gasteiger partial charge in [-0.15, -0.1) is 0 Å². The molecule has 2 rings (SSSR count). The molecule has 1 unspecified atom stereocenters. The Balaban J connectivity index is 1.99. The van der Waals surface area contributed by atoms with Crippen molar-refractivity contribution in [3.05, 3.63) is 29.6 Å². The van der Waals surface area contributed by atoms with Crippen LogP contribution in [0, 0.1) is 5.82 Å². The van der Waals surface area contributed by atoms with E-state index in [1.54, 1.807) is 0 Å². The molecular weight excluding hydrogens is 235 g/mol. The van der Waals surface area contributed by atoms with Crippen molar-refractivity contribution >= 4 is 5.91 Å². The number of phenolic OH excluding ortho intramolecular Hbond substituents is 1. The van der Waals surface area contributed by atoms with Gasteiger partial charge in [-0.2, -0.15) is 0 Å². The van der Waals surface area contributed by atoms with Crippen LogP contribution in [0.5, 0.6) is 5.75 Å². The van der Waals surface area contributed by atoms with E-state index in [2.05, 4.69) is 10.6 Å². The van der Waals surface area contributed by atoms with Crippen molar-refractivity contribution < 1.29 is 14.3 Å². The minimum absolute atomic E-state index is 0.0469. The molecule has 1 aromatic rings. The first-order valence-corrected chi connectivity index (χ1v) is 6.02. The maximum atomic E-state index is 13.5. The number of hydrogen-bond donors (Lipinski definition) is 3. The zero-order valence-corrected chi connectivity index (χ0v) is 10.3. The van der Waals surface area contributed by atoms with Crippen molar-refractivity contribution in [2.75, 3.05) is 13.1 Å². The molecule has 1 fully saturated rings. The molecule has 0 radical (unpaired) electrons. The Bertz CT molecular complexity index is 456. The first-order chi connectivity index (χ1) is 8.50. The lowest BCUT2D eigenvalue weighted by molar-refractivity contribution is 0.0938. The third-order valence-corrected chi connectivity index (χ3v) is 3.29. The van der Waals surface area contributed by atoms with Crippen molar-refractivity contribution in [1.29, 1.82) is 0 Å². The Hall–Kier alpha value is -1.62. The summed E-state index contributed by atoms with van der Waals surface area (Å²) in [7, 11) is 0. The highest BCUT2D eigenvalue weighted by Gasteiger charge is 2.28. The summed E-state index contributed by atoms with van der Waals surface area (Å²) in [6, 6.07) is 3.52. The first kappa shape index (κ1) is 12.8. The molecule has 18 heavy (non-hydrogen) atoms. The third-order valence-electron chi connectivity index (χ3n) is 3.29. The number of rotatable bonds is 3. The smallest absolute Gasteiger partial charge is 0.254 e. The summed E-state index contributed by atoms with van der Waals surface area (Å²) >= 11 is 0. The molecule has 3 N–H and O–H groups in total. The van der Waals surface area contributed by atoms with Crippen molar-refractivity contribution in [2.24, 2.45) is 0 Å². The average molecular weight is 252 g/mol. The van der Waals surface area contributed by atoms with E-state index in [0.29, 0.717) is 6.54 Å². The monoisotopic (exact) mass is 252 g/mol. The van der Waals surface area contributed by atoms with Gasteiger partial charge >= 0.3 is 0 Å². The van der Waals surface area contributed by atoms with E-state index in [-0.39, 0.29) is 16.9 Å². The summed E-state index contributed by atoms with van der Waals surface area (Å²) in [5.74, 6) is -1.35. The maximum Gasteiger partial charge on any atom is 0.254 e. The Morgan fingerprint density at radius 3 is 3.00 bits per heavy atom. The van der Waals surface area contributed by atoms with Crippen LogP contribution >= 0.6 is 0 Å². The Morgan fingerprint density at radius 1 is 1.61 bits per heavy atom. The van der Waals surface area contributed by atoms with Crippen LogP contribution in [-0.2, 0) is 0 Å². The normalized spacial score (nSPS) is 23.0. The lowest BCUT2D eigenvalue weighted by Crippen LogP contribution is -2.47. The highest BCUT2D eigenvalue weighted by atomic mass is 19.1. The lowest BCUT2D eigenvalue weighted by atomic mass is 10.0. The molecule has 0 aliphatic carbocycles. The van der Waals surface area contributed by atoms with Crippen molar-refractivity contribution in [1.82, 2.24) is 10.6 Å². The van der Waals surface area contributed by atoms with E-state index >= 15 is 0 Å². The topological polar surface area (TPSA) is 61.4 Å². The van der Waals surface area contributed by atoms with E-state index < -0.39 is 11.7 Å². The molecular formula is C13H17FN2O2. The van der Waals surface area contributed by atoms with Crippen LogP contribution in [0.25, 0.3) is 0 Å². The van der Waals surface area contributed by atoms with Crippen LogP contribution in [-0.4, -0.2) is 29.6 Å². The van der Waals surface area contributed by atoms with Gasteiger partial charge in [-0.3, -0.25) is 4.79 Å². The molecule has 98 valence electrons. The van der Waals surface area contributed by atoms with Crippen molar-refractivity contribution in [2.45, 2.75) is 25.3 Å². The third kappa shape index (κ3) is 2.79. The van der Waals surface area contributed by atoms with Gasteiger partial charge < -0.3 is 15.7 Å². The molecule has 1 amide bonds. The van der Waals surface area contributed by atoms with Crippen LogP contribution in [0.1, 0.15) is 30.1 Å². The number of hydrogen-bond acceptors (Lipinski definition) is 3. The van der Waals surface area contributed by atoms with Gasteiger partial charge in [0.25, 0.3) is 5.91 Å². The number of halogens is 1. The molecule has 0 spiro atoms. The van der Waals surface area contributed by atoms with E-state index in [9.17, 15) is 9.18 Å². The summed E-state index contributed by atoms with van der Waals surface area (Å²) in [4.78, 5) is 11.8. The second-order valence-electron chi connectivity index (χ2n) is 4.94. The molecule has 1 aliphatic rings. The Labute approximate surface area is 105 Å². The van der Waals surface area contributed by atoms with Crippen molar-refractivity contribution in [3.63, 3.8) is 0 Å². The molecule has 1 aliphatic heterocycles. The van der Waals surface area contributed by atoms with Gasteiger partial charge in [0.15, 0.2) is 0 Å². The summed E-state index contributed by atoms with van der Waals surface area (Å²) in [5.41, 5.74) is -0.155. The number of amides is 1. The molecule has 1 aromatic carbocycles. The summed E-state index contributed by atoms with van der Waals surface area (Å²) in [5, 5.41) is 15.1. The van der Waals surface area contributed by atoms with Crippen molar-refractivity contribution in [3.8, 4) is 5.75 Å². The zero-order chi connectivity index (χ0) is 13.2. The number of benzene rings is 1. The summed E-state index contributed by atoms with van der Waals surface area (Å²) in [6.45, 7) is 3.44. The first-order valence-electron chi connectivity index (χ1n) is 6.02. The van der Waals surface area contributed by atoms with Gasteiger partial charge in [0.1, 0.15) is 11.6 Å². The second kappa shape index (κ2) is 4.94. The SMILES string of the molecule is CC1(CNC(=O)c2ccc(O)cc2F)CCCN1. The standard InChI is InChI=1S/C13H17FN2O2/c1-13(5-2-6-16-13)8-15-12(18)10-4-3-9(17)7-11(10)14/h3-4,7,16-17H,2,5-6,8H2,1H3,(H,15,18). The fourth-order valence-electron chi connectivity index (χ4n) is 2.17. The van der Waals surface area contributed by atoms with Gasteiger partial charge in [-0.1, -0.05) is 0 Å². The van der Waals surface area contributed by atoms with Gasteiger partial charge in [0.2, 0.25) is 0 Å². The Kier molecular flexibility index (Phi) is 3.52. The van der Waals surface area contributed by atoms with Crippen LogP contribution in [0.4, 0.5) is 4.39 Å².